The molecule has 212 valence electrons. The molecule has 1 fully saturated rings. The lowest BCUT2D eigenvalue weighted by Gasteiger charge is -2.43. The molecule has 0 spiro atoms. The maximum atomic E-state index is 13.8. The number of rotatable bonds is 7. The Bertz CT molecular complexity index is 1530. The van der Waals surface area contributed by atoms with Gasteiger partial charge in [0.15, 0.2) is 11.6 Å². The molecular formula is C32H31NO8. The van der Waals surface area contributed by atoms with Gasteiger partial charge in [-0.05, 0) is 68.4 Å². The average molecular weight is 558 g/mol. The number of likely N-dealkylation sites (tertiary alicyclic amines) is 1. The van der Waals surface area contributed by atoms with E-state index in [9.17, 15) is 29.1 Å². The van der Waals surface area contributed by atoms with E-state index in [1.807, 2.05) is 6.08 Å². The Balaban J connectivity index is 1.33. The molecule has 1 saturated heterocycles. The molecule has 6 rings (SSSR count). The molecule has 0 radical (unpaired) electrons. The van der Waals surface area contributed by atoms with Crippen LogP contribution in [0.4, 0.5) is 0 Å². The van der Waals surface area contributed by atoms with Crippen LogP contribution in [0.1, 0.15) is 51.0 Å². The zero-order chi connectivity index (χ0) is 29.0. The highest BCUT2D eigenvalue weighted by Crippen LogP contribution is 2.54. The van der Waals surface area contributed by atoms with Crippen LogP contribution in [-0.2, 0) is 30.4 Å². The monoisotopic (exact) mass is 557 g/mol. The largest absolute Gasteiger partial charge is 0.508 e. The number of hydrogen-bond acceptors (Lipinski definition) is 7. The van der Waals surface area contributed by atoms with E-state index in [4.69, 9.17) is 9.84 Å². The number of nitrogens with zero attached hydrogens (tertiary/aromatic N) is 1. The van der Waals surface area contributed by atoms with E-state index in [1.165, 1.54) is 17.0 Å². The third-order valence-corrected chi connectivity index (χ3v) is 9.07. The number of aliphatic carboxylic acids is 1. The highest BCUT2D eigenvalue weighted by atomic mass is 16.5. The number of amides is 2. The van der Waals surface area contributed by atoms with Gasteiger partial charge in [-0.2, -0.15) is 0 Å². The molecule has 2 N–H and O–H groups in total. The van der Waals surface area contributed by atoms with Crippen LogP contribution >= 0.6 is 0 Å². The third-order valence-electron chi connectivity index (χ3n) is 9.07. The van der Waals surface area contributed by atoms with E-state index in [0.717, 1.165) is 16.7 Å². The zero-order valence-electron chi connectivity index (χ0n) is 22.7. The number of fused-ring (bicyclic) bond motifs is 4. The molecule has 0 aromatic heterocycles. The second kappa shape index (κ2) is 10.3. The van der Waals surface area contributed by atoms with E-state index in [0.29, 0.717) is 54.6 Å². The Hall–Kier alpha value is -4.27. The van der Waals surface area contributed by atoms with Crippen molar-refractivity contribution in [2.24, 2.45) is 23.7 Å². The topological polar surface area (TPSA) is 138 Å². The fraction of sp³-hybridized carbons (Fsp3) is 0.406. The molecule has 41 heavy (non-hydrogen) atoms. The van der Waals surface area contributed by atoms with E-state index in [2.05, 4.69) is 0 Å². The van der Waals surface area contributed by atoms with Crippen LogP contribution in [0.2, 0.25) is 0 Å². The van der Waals surface area contributed by atoms with E-state index >= 15 is 0 Å². The minimum Gasteiger partial charge on any atom is -0.508 e. The summed E-state index contributed by atoms with van der Waals surface area (Å²) >= 11 is 0. The molecule has 9 nitrogen and oxygen atoms in total. The van der Waals surface area contributed by atoms with Gasteiger partial charge in [0.25, 0.3) is 0 Å². The third kappa shape index (κ3) is 4.53. The number of allylic oxidation sites excluding steroid dienone is 7. The molecule has 2 aliphatic heterocycles. The summed E-state index contributed by atoms with van der Waals surface area (Å²) in [4.78, 5) is 66.1. The van der Waals surface area contributed by atoms with E-state index in [1.54, 1.807) is 25.3 Å². The Morgan fingerprint density at radius 3 is 2.66 bits per heavy atom. The summed E-state index contributed by atoms with van der Waals surface area (Å²) in [6.07, 6.45) is 7.57. The summed E-state index contributed by atoms with van der Waals surface area (Å²) in [5.74, 6) is -3.27. The number of unbranched alkanes of at least 4 members (excludes halogenated alkanes) is 2. The fourth-order valence-corrected chi connectivity index (χ4v) is 7.20. The predicted molar refractivity (Wildman–Crippen MR) is 145 cm³/mol. The van der Waals surface area contributed by atoms with Crippen molar-refractivity contribution < 1.29 is 38.9 Å². The number of ether oxygens (including phenoxy) is 1. The molecular weight excluding hydrogens is 526 g/mol. The number of carboxylic acid groups (broad SMARTS) is 1. The summed E-state index contributed by atoms with van der Waals surface area (Å²) in [5, 5.41) is 18.9. The lowest BCUT2D eigenvalue weighted by molar-refractivity contribution is -0.141. The highest BCUT2D eigenvalue weighted by molar-refractivity contribution is 6.23. The number of aromatic hydroxyl groups is 1. The molecule has 0 bridgehead atoms. The summed E-state index contributed by atoms with van der Waals surface area (Å²) in [5.41, 5.74) is 3.54. The van der Waals surface area contributed by atoms with Gasteiger partial charge < -0.3 is 14.9 Å². The van der Waals surface area contributed by atoms with E-state index in [-0.39, 0.29) is 48.5 Å². The van der Waals surface area contributed by atoms with Crippen molar-refractivity contribution in [3.05, 3.63) is 70.0 Å². The van der Waals surface area contributed by atoms with Gasteiger partial charge in [-0.15, -0.1) is 0 Å². The highest BCUT2D eigenvalue weighted by Gasteiger charge is 2.56. The number of imide groups is 1. The molecule has 5 aliphatic rings. The second-order valence-electron chi connectivity index (χ2n) is 11.5. The maximum absolute atomic E-state index is 13.8. The van der Waals surface area contributed by atoms with E-state index < -0.39 is 29.6 Å². The van der Waals surface area contributed by atoms with Crippen LogP contribution in [-0.4, -0.2) is 51.0 Å². The first-order chi connectivity index (χ1) is 19.7. The van der Waals surface area contributed by atoms with Gasteiger partial charge in [0.05, 0.1) is 18.1 Å². The van der Waals surface area contributed by atoms with Crippen LogP contribution in [0.3, 0.4) is 0 Å². The van der Waals surface area contributed by atoms with Gasteiger partial charge in [0.1, 0.15) is 11.5 Å². The zero-order valence-corrected chi connectivity index (χ0v) is 22.7. The lowest BCUT2D eigenvalue weighted by Crippen LogP contribution is -2.41. The second-order valence-corrected chi connectivity index (χ2v) is 11.5. The molecule has 0 saturated carbocycles. The van der Waals surface area contributed by atoms with Gasteiger partial charge in [0, 0.05) is 47.6 Å². The van der Waals surface area contributed by atoms with Crippen molar-refractivity contribution in [1.82, 2.24) is 4.90 Å². The predicted octanol–water partition coefficient (Wildman–Crippen LogP) is 3.82. The Morgan fingerprint density at radius 1 is 1.07 bits per heavy atom. The van der Waals surface area contributed by atoms with Crippen molar-refractivity contribution in [3.63, 3.8) is 0 Å². The van der Waals surface area contributed by atoms with Crippen molar-refractivity contribution >= 4 is 29.4 Å². The number of carbonyl (C=O) groups is 5. The van der Waals surface area contributed by atoms with Crippen molar-refractivity contribution in [3.8, 4) is 11.5 Å². The van der Waals surface area contributed by atoms with Gasteiger partial charge in [-0.1, -0.05) is 18.1 Å². The smallest absolute Gasteiger partial charge is 0.303 e. The number of benzene rings is 1. The van der Waals surface area contributed by atoms with Gasteiger partial charge in [-0.3, -0.25) is 28.9 Å². The number of carbonyl (C=O) groups excluding carboxylic acids is 4. The number of ketones is 2. The van der Waals surface area contributed by atoms with Gasteiger partial charge in [-0.25, -0.2) is 0 Å². The Labute approximate surface area is 236 Å². The molecule has 1 aromatic carbocycles. The molecule has 2 heterocycles. The van der Waals surface area contributed by atoms with Crippen molar-refractivity contribution in [1.29, 1.82) is 0 Å². The quantitative estimate of drug-likeness (QED) is 0.223. The number of Topliss-reactive ketones (excluding diaryl/α,β-unsaturated/α-hetero) is 1. The SMILES string of the molecule is CC1=CC(=O)C2=C(CC3C(=CCC4C(=O)N(CCCCCC(=O)O)C(=O)C43)C2C2=COc3ccc(O)cc3C2)C1=O. The molecule has 1 aromatic rings. The van der Waals surface area contributed by atoms with Crippen molar-refractivity contribution in [2.45, 2.75) is 51.9 Å². The lowest BCUT2D eigenvalue weighted by atomic mass is 9.58. The fourth-order valence-electron chi connectivity index (χ4n) is 7.20. The summed E-state index contributed by atoms with van der Waals surface area (Å²) in [7, 11) is 0. The molecule has 4 unspecified atom stereocenters. The van der Waals surface area contributed by atoms with Gasteiger partial charge >= 0.3 is 5.97 Å². The van der Waals surface area contributed by atoms with Crippen LogP contribution in [0.5, 0.6) is 11.5 Å². The first-order valence-corrected chi connectivity index (χ1v) is 14.1. The standard InChI is InChI=1S/C32H31NO8/c1-16-11-24(35)29-23(30(16)38)14-22-20(27(29)18-12-17-13-19(34)6-9-25(17)41-15-18)7-8-21-28(22)32(40)33(31(21)39)10-4-2-3-5-26(36)37/h6-7,9,11,13,15,21-22,27-28,34H,2-5,8,10,12,14H2,1H3,(H,36,37). The van der Waals surface area contributed by atoms with Crippen LogP contribution < -0.4 is 4.74 Å². The summed E-state index contributed by atoms with van der Waals surface area (Å²) < 4.78 is 5.91. The summed E-state index contributed by atoms with van der Waals surface area (Å²) in [6.45, 7) is 1.86. The van der Waals surface area contributed by atoms with Gasteiger partial charge in [0.2, 0.25) is 11.8 Å². The number of hydrogen-bond donors (Lipinski definition) is 2. The van der Waals surface area contributed by atoms with Crippen LogP contribution in [0.15, 0.2) is 64.5 Å². The minimum atomic E-state index is -0.872. The first-order valence-electron chi connectivity index (χ1n) is 14.1. The maximum Gasteiger partial charge on any atom is 0.303 e. The Kier molecular flexibility index (Phi) is 6.76. The number of carboxylic acids is 1. The van der Waals surface area contributed by atoms with Crippen molar-refractivity contribution in [2.75, 3.05) is 6.54 Å². The minimum absolute atomic E-state index is 0.0472. The van der Waals surface area contributed by atoms with Crippen LogP contribution in [0, 0.1) is 23.7 Å². The molecule has 4 atom stereocenters. The molecule has 9 heteroatoms. The number of phenols is 1. The number of phenolic OH excluding ortho intramolecular Hbond substituents is 1. The Morgan fingerprint density at radius 2 is 1.88 bits per heavy atom. The van der Waals surface area contributed by atoms with Crippen LogP contribution in [0.25, 0.3) is 0 Å². The first kappa shape index (κ1) is 26.9. The molecule has 3 aliphatic carbocycles. The normalized spacial score (nSPS) is 26.9. The summed E-state index contributed by atoms with van der Waals surface area (Å²) in [6, 6.07) is 4.84. The molecule has 2 amide bonds. The average Bonchev–Trinajstić information content (AvgIpc) is 3.19.